The molecule has 0 aromatic rings. The molecule has 1 aliphatic carbocycles. The van der Waals surface area contributed by atoms with Crippen LogP contribution in [0.2, 0.25) is 0 Å². The van der Waals surface area contributed by atoms with Crippen LogP contribution >= 0.6 is 15.9 Å². The van der Waals surface area contributed by atoms with E-state index in [1.165, 1.54) is 0 Å². The van der Waals surface area contributed by atoms with Crippen LogP contribution in [-0.2, 0) is 4.79 Å². The number of halogens is 7. The molecule has 1 rings (SSSR count). The lowest BCUT2D eigenvalue weighted by atomic mass is 9.93. The molecule has 1 fully saturated rings. The average molecular weight is 370 g/mol. The zero-order chi connectivity index (χ0) is 15.8. The third kappa shape index (κ3) is 3.07. The fourth-order valence-corrected chi connectivity index (χ4v) is 2.56. The molecule has 2 nitrogen and oxygen atoms in total. The van der Waals surface area contributed by atoms with Crippen molar-refractivity contribution in [3.05, 3.63) is 0 Å². The van der Waals surface area contributed by atoms with Crippen LogP contribution in [0, 0.1) is 0 Å². The van der Waals surface area contributed by atoms with Crippen molar-refractivity contribution in [2.75, 3.05) is 7.05 Å². The summed E-state index contributed by atoms with van der Waals surface area (Å²) in [7, 11) is 0.992. The first-order valence-corrected chi connectivity index (χ1v) is 6.82. The Bertz CT molecular complexity index is 347. The molecule has 1 saturated carbocycles. The second-order valence-electron chi connectivity index (χ2n) is 4.86. The normalized spacial score (nSPS) is 19.0. The van der Waals surface area contributed by atoms with E-state index in [1.54, 1.807) is 15.9 Å². The molecule has 1 aliphatic rings. The van der Waals surface area contributed by atoms with Crippen LogP contribution in [0.1, 0.15) is 32.1 Å². The number of hydrogen-bond donors (Lipinski definition) is 0. The molecule has 0 bridgehead atoms. The lowest BCUT2D eigenvalue weighted by Crippen LogP contribution is -2.63. The van der Waals surface area contributed by atoms with E-state index in [0.717, 1.165) is 13.5 Å². The van der Waals surface area contributed by atoms with Crippen molar-refractivity contribution in [3.63, 3.8) is 0 Å². The van der Waals surface area contributed by atoms with E-state index < -0.39 is 28.6 Å². The lowest BCUT2D eigenvalue weighted by Gasteiger charge is -2.38. The summed E-state index contributed by atoms with van der Waals surface area (Å²) in [5.41, 5.74) is 0. The van der Waals surface area contributed by atoms with Gasteiger partial charge >= 0.3 is 12.4 Å². The van der Waals surface area contributed by atoms with E-state index in [2.05, 4.69) is 0 Å². The Morgan fingerprint density at radius 1 is 1.00 bits per heavy atom. The monoisotopic (exact) mass is 369 g/mol. The molecule has 0 aromatic carbocycles. The highest BCUT2D eigenvalue weighted by Gasteiger charge is 2.75. The van der Waals surface area contributed by atoms with Gasteiger partial charge in [-0.2, -0.15) is 26.3 Å². The smallest absolute Gasteiger partial charge is 0.341 e. The molecule has 1 amide bonds. The number of carbonyl (C=O) groups excluding carboxylic acids is 1. The minimum absolute atomic E-state index is 0.418. The van der Waals surface area contributed by atoms with E-state index in [-0.39, 0.29) is 0 Å². The van der Waals surface area contributed by atoms with Crippen molar-refractivity contribution >= 4 is 21.8 Å². The third-order valence-corrected chi connectivity index (χ3v) is 4.76. The van der Waals surface area contributed by atoms with Crippen LogP contribution in [0.25, 0.3) is 0 Å². The topological polar surface area (TPSA) is 20.3 Å². The van der Waals surface area contributed by atoms with E-state index in [0.29, 0.717) is 30.6 Å². The third-order valence-electron chi connectivity index (χ3n) is 3.52. The van der Waals surface area contributed by atoms with Crippen molar-refractivity contribution in [3.8, 4) is 0 Å². The largest absolute Gasteiger partial charge is 0.421 e. The first kappa shape index (κ1) is 17.6. The van der Waals surface area contributed by atoms with Crippen LogP contribution in [0.3, 0.4) is 0 Å². The Morgan fingerprint density at radius 3 is 1.75 bits per heavy atom. The van der Waals surface area contributed by atoms with Crippen LogP contribution in [0.15, 0.2) is 0 Å². The maximum absolute atomic E-state index is 12.8. The molecule has 0 N–H and O–H groups in total. The van der Waals surface area contributed by atoms with Gasteiger partial charge in [-0.3, -0.25) is 4.79 Å². The Balaban J connectivity index is 3.06. The van der Waals surface area contributed by atoms with Crippen LogP contribution in [0.4, 0.5) is 26.3 Å². The number of carbonyl (C=O) groups is 1. The summed E-state index contributed by atoms with van der Waals surface area (Å²) in [5, 5.41) is 0. The molecule has 0 radical (unpaired) electrons. The van der Waals surface area contributed by atoms with E-state index in [4.69, 9.17) is 0 Å². The quantitative estimate of drug-likeness (QED) is 0.531. The van der Waals surface area contributed by atoms with Gasteiger partial charge in [0.2, 0.25) is 0 Å². The molecule has 0 atom stereocenters. The number of rotatable bonds is 2. The highest BCUT2D eigenvalue weighted by molar-refractivity contribution is 9.10. The minimum Gasteiger partial charge on any atom is -0.341 e. The molecule has 0 spiro atoms. The summed E-state index contributed by atoms with van der Waals surface area (Å²) in [6, 6.07) is -0.585. The Kier molecular flexibility index (Phi) is 5.04. The van der Waals surface area contributed by atoms with E-state index >= 15 is 0 Å². The standard InChI is InChI=1S/C11H14BrF6NO/c1-19(7-5-3-2-4-6-7)8(20)9(12,10(13,14)15)11(16,17)18/h7H,2-6H2,1H3. The van der Waals surface area contributed by atoms with Gasteiger partial charge in [0.05, 0.1) is 0 Å². The van der Waals surface area contributed by atoms with Crippen molar-refractivity contribution in [2.45, 2.75) is 54.8 Å². The predicted octanol–water partition coefficient (Wildman–Crippen LogP) is 4.04. The van der Waals surface area contributed by atoms with Gasteiger partial charge in [-0.05, 0) is 12.8 Å². The summed E-state index contributed by atoms with van der Waals surface area (Å²) < 4.78 is 72.0. The number of nitrogens with zero attached hydrogens (tertiary/aromatic N) is 1. The first-order valence-electron chi connectivity index (χ1n) is 6.02. The highest BCUT2D eigenvalue weighted by Crippen LogP contribution is 2.50. The predicted molar refractivity (Wildman–Crippen MR) is 63.4 cm³/mol. The van der Waals surface area contributed by atoms with E-state index in [9.17, 15) is 31.1 Å². The summed E-state index contributed by atoms with van der Waals surface area (Å²) in [6.45, 7) is 0. The maximum Gasteiger partial charge on any atom is 0.421 e. The molecule has 118 valence electrons. The number of hydrogen-bond acceptors (Lipinski definition) is 1. The number of alkyl halides is 7. The van der Waals surface area contributed by atoms with Gasteiger partial charge in [-0.1, -0.05) is 35.2 Å². The highest BCUT2D eigenvalue weighted by atomic mass is 79.9. The summed E-state index contributed by atoms with van der Waals surface area (Å²) in [5.74, 6) is -2.01. The van der Waals surface area contributed by atoms with Gasteiger partial charge in [0.15, 0.2) is 0 Å². The fourth-order valence-electron chi connectivity index (χ4n) is 2.28. The molecular formula is C11H14BrF6NO. The summed E-state index contributed by atoms with van der Waals surface area (Å²) in [6.07, 6.45) is -8.43. The lowest BCUT2D eigenvalue weighted by molar-refractivity contribution is -0.258. The van der Waals surface area contributed by atoms with Crippen LogP contribution < -0.4 is 0 Å². The zero-order valence-corrected chi connectivity index (χ0v) is 12.2. The van der Waals surface area contributed by atoms with Gasteiger partial charge < -0.3 is 4.90 Å². The summed E-state index contributed by atoms with van der Waals surface area (Å²) in [4.78, 5) is 12.4. The van der Waals surface area contributed by atoms with Gasteiger partial charge in [0, 0.05) is 13.1 Å². The second-order valence-corrected chi connectivity index (χ2v) is 6.05. The molecule has 20 heavy (non-hydrogen) atoms. The molecule has 0 saturated heterocycles. The van der Waals surface area contributed by atoms with Crippen molar-refractivity contribution < 1.29 is 31.1 Å². The number of amides is 1. The molecule has 0 aromatic heterocycles. The van der Waals surface area contributed by atoms with Gasteiger partial charge in [-0.15, -0.1) is 0 Å². The second kappa shape index (κ2) is 5.73. The van der Waals surface area contributed by atoms with Crippen molar-refractivity contribution in [1.82, 2.24) is 4.90 Å². The molecule has 0 heterocycles. The maximum atomic E-state index is 12.8. The average Bonchev–Trinajstić information content (AvgIpc) is 2.34. The molecule has 0 aliphatic heterocycles. The van der Waals surface area contributed by atoms with Gasteiger partial charge in [0.1, 0.15) is 0 Å². The Morgan fingerprint density at radius 2 is 1.40 bits per heavy atom. The SMILES string of the molecule is CN(C(=O)C(Br)(C(F)(F)F)C(F)(F)F)C1CCCCC1. The first-order chi connectivity index (χ1) is 8.93. The van der Waals surface area contributed by atoms with Crippen molar-refractivity contribution in [2.24, 2.45) is 0 Å². The Labute approximate surface area is 120 Å². The fraction of sp³-hybridized carbons (Fsp3) is 0.909. The van der Waals surface area contributed by atoms with Gasteiger partial charge in [-0.25, -0.2) is 0 Å². The zero-order valence-electron chi connectivity index (χ0n) is 10.6. The molecule has 9 heteroatoms. The van der Waals surface area contributed by atoms with Crippen LogP contribution in [-0.4, -0.2) is 40.6 Å². The van der Waals surface area contributed by atoms with Crippen molar-refractivity contribution in [1.29, 1.82) is 0 Å². The summed E-state index contributed by atoms with van der Waals surface area (Å²) >= 11 is 1.62. The van der Waals surface area contributed by atoms with E-state index in [1.807, 2.05) is 0 Å². The minimum atomic E-state index is -5.76. The van der Waals surface area contributed by atoms with Crippen LogP contribution in [0.5, 0.6) is 0 Å². The molecular weight excluding hydrogens is 356 g/mol. The Hall–Kier alpha value is -0.470. The van der Waals surface area contributed by atoms with Gasteiger partial charge in [0.25, 0.3) is 10.2 Å². The molecule has 0 unspecified atom stereocenters.